The van der Waals surface area contributed by atoms with Crippen molar-refractivity contribution in [3.05, 3.63) is 29.8 Å². The fourth-order valence-electron chi connectivity index (χ4n) is 11.8. The van der Waals surface area contributed by atoms with Crippen LogP contribution in [0.25, 0.3) is 0 Å². The average molecular weight is 1670 g/mol. The van der Waals surface area contributed by atoms with Crippen LogP contribution in [0.5, 0.6) is 5.75 Å². The molecule has 2 saturated heterocycles. The standard InChI is InChI=1S/C70H112N18O29/c1-5-33(2)55(86-48(93)27-73)68(113)79-34(3)60(105)75-28-51(96)82-44(25-36-11-13-37(91)14-12-36)66(111)84-40(16-15-38(26-72)116-70-59(104)58(103)57(102)46(32-89)117-70)62(107)77-30-49(94)80-42(18-21-53(98)99)64(109)83-41(17-20-47(74)92)63(108)78-31-52(97)88-24-8-10-45(88)67(112)85-39(9-6-7-23-71)61(106)76-29-50(95)81-43(19-22-54(100)101)65(110)87-56(35(4)90)69(114)115/h11-14,33-35,38-46,55-59,70,89-91,102-104H,5-10,15-32,71-73H2,1-4H3,(H2,74,92)(H,75,105)(H,76,106)(H,77,107)(H,78,108)(H,79,113)(H,80,94)(H,81,95)(H,82,96)(H,83,109)(H,84,111)(H,85,112)(H,86,93)(H,87,110)(H,98,99)(H,100,101)(H,114,115)/t33-,34-,35+,38+,39-,40-,41-,42-,43-,44-,45-,46+,55-,56-,57-,58-,59+,70+/m0/s1. The lowest BCUT2D eigenvalue weighted by atomic mass is 9.98. The number of carbonyl (C=O) groups excluding carboxylic acids is 15. The predicted molar refractivity (Wildman–Crippen MR) is 401 cm³/mol. The van der Waals surface area contributed by atoms with Gasteiger partial charge in [-0.15, -0.1) is 0 Å². The normalized spacial score (nSPS) is 19.4. The van der Waals surface area contributed by atoms with Crippen LogP contribution in [0.2, 0.25) is 0 Å². The van der Waals surface area contributed by atoms with E-state index in [0.29, 0.717) is 18.4 Å². The molecule has 0 radical (unpaired) electrons. The van der Waals surface area contributed by atoms with Crippen molar-refractivity contribution in [1.82, 2.24) is 74.0 Å². The highest BCUT2D eigenvalue weighted by Crippen LogP contribution is 2.25. The fourth-order valence-corrected chi connectivity index (χ4v) is 11.8. The Kier molecular flexibility index (Phi) is 43.9. The Labute approximate surface area is 670 Å². The zero-order valence-electron chi connectivity index (χ0n) is 65.1. The van der Waals surface area contributed by atoms with Crippen LogP contribution < -0.4 is 92.1 Å². The van der Waals surface area contributed by atoms with Gasteiger partial charge in [-0.05, 0) is 108 Å². The zero-order valence-corrected chi connectivity index (χ0v) is 65.1. The second-order valence-corrected chi connectivity index (χ2v) is 27.9. The van der Waals surface area contributed by atoms with E-state index in [4.69, 9.17) is 32.4 Å². The van der Waals surface area contributed by atoms with Crippen LogP contribution in [0.3, 0.4) is 0 Å². The molecule has 656 valence electrons. The highest BCUT2D eigenvalue weighted by Gasteiger charge is 2.46. The number of ether oxygens (including phenoxy) is 2. The van der Waals surface area contributed by atoms with Crippen LogP contribution in [-0.4, -0.2) is 320 Å². The minimum Gasteiger partial charge on any atom is -0.508 e. The van der Waals surface area contributed by atoms with E-state index in [1.54, 1.807) is 13.8 Å². The number of phenolic OH excluding ortho intramolecular Hbond substituents is 1. The van der Waals surface area contributed by atoms with Gasteiger partial charge >= 0.3 is 17.9 Å². The number of rotatable bonds is 53. The van der Waals surface area contributed by atoms with E-state index in [2.05, 4.69) is 63.8 Å². The number of hydrogen-bond donors (Lipinski definition) is 26. The first kappa shape index (κ1) is 100. The summed E-state index contributed by atoms with van der Waals surface area (Å²) in [7, 11) is 0. The first-order valence-corrected chi connectivity index (χ1v) is 37.8. The molecule has 0 spiro atoms. The molecule has 18 atom stereocenters. The lowest BCUT2D eigenvalue weighted by molar-refractivity contribution is -0.310. The van der Waals surface area contributed by atoms with Gasteiger partial charge in [0.2, 0.25) is 88.6 Å². The summed E-state index contributed by atoms with van der Waals surface area (Å²) in [6.07, 6.45) is -15.6. The summed E-state index contributed by atoms with van der Waals surface area (Å²) in [4.78, 5) is 239. The number of carboxylic acids is 3. The molecular formula is C70H112N18O29. The first-order chi connectivity index (χ1) is 55.2. The molecule has 0 aliphatic carbocycles. The minimum atomic E-state index is -1.93. The Balaban J connectivity index is 1.87. The maximum Gasteiger partial charge on any atom is 0.328 e. The summed E-state index contributed by atoms with van der Waals surface area (Å²) in [5.41, 5.74) is 22.8. The maximum atomic E-state index is 14.5. The highest BCUT2D eigenvalue weighted by atomic mass is 16.7. The SMILES string of the molecule is CC[C@H](C)[C@H](NC(=O)CN)C(=O)N[C@@H](C)C(=O)NCC(=O)N[C@@H](Cc1ccc(O)cc1)C(=O)N[C@@H](CC[C@H](CN)O[C@@H]1O[C@H](CO)[C@H](O)[C@H](O)[C@H]1O)C(=O)NCC(=O)N[C@@H](CCC(=O)O)C(=O)N[C@@H](CCC(N)=O)C(=O)NCC(=O)N1CCC[C@H]1C(=O)N[C@@H](CCCCN)C(=O)NCC(=O)N[C@@H](CCC(=O)O)C(=O)N[C@H](C(=O)O)[C@@H](C)O. The van der Waals surface area contributed by atoms with Gasteiger partial charge in [0.05, 0.1) is 51.5 Å². The Morgan fingerprint density at radius 3 is 1.53 bits per heavy atom. The van der Waals surface area contributed by atoms with Crippen LogP contribution in [0.15, 0.2) is 24.3 Å². The van der Waals surface area contributed by atoms with Crippen LogP contribution in [0.1, 0.15) is 123 Å². The molecule has 47 heteroatoms. The lowest BCUT2D eigenvalue weighted by Crippen LogP contribution is -2.60. The highest BCUT2D eigenvalue weighted by molar-refractivity contribution is 5.99. The van der Waals surface area contributed by atoms with Crippen LogP contribution in [0.4, 0.5) is 0 Å². The molecule has 2 aliphatic heterocycles. The largest absolute Gasteiger partial charge is 0.508 e. The number of likely N-dealkylation sites (tertiary alicyclic amines) is 1. The molecule has 0 aromatic heterocycles. The molecule has 15 amide bonds. The Hall–Kier alpha value is -10.9. The number of aliphatic hydroxyl groups excluding tert-OH is 5. The maximum absolute atomic E-state index is 14.5. The van der Waals surface area contributed by atoms with E-state index in [1.165, 1.54) is 31.2 Å². The van der Waals surface area contributed by atoms with E-state index >= 15 is 0 Å². The van der Waals surface area contributed by atoms with Crippen molar-refractivity contribution >= 4 is 107 Å². The van der Waals surface area contributed by atoms with E-state index in [0.717, 1.165) is 11.8 Å². The van der Waals surface area contributed by atoms with Gasteiger partial charge in [0.25, 0.3) is 0 Å². The third-order valence-electron chi connectivity index (χ3n) is 18.7. The van der Waals surface area contributed by atoms with Crippen molar-refractivity contribution < 1.29 is 142 Å². The van der Waals surface area contributed by atoms with Crippen molar-refractivity contribution in [2.75, 3.05) is 59.0 Å². The van der Waals surface area contributed by atoms with Gasteiger partial charge in [-0.1, -0.05) is 32.4 Å². The molecule has 47 nitrogen and oxygen atoms in total. The summed E-state index contributed by atoms with van der Waals surface area (Å²) < 4.78 is 11.3. The molecular weight excluding hydrogens is 1560 g/mol. The number of amides is 15. The number of phenols is 1. The topological polar surface area (TPSA) is 772 Å². The number of unbranched alkanes of at least 4 members (excludes halogenated alkanes) is 1. The molecule has 117 heavy (non-hydrogen) atoms. The number of aliphatic hydroxyl groups is 5. The van der Waals surface area contributed by atoms with Crippen molar-refractivity contribution in [2.45, 2.75) is 227 Å². The van der Waals surface area contributed by atoms with Crippen molar-refractivity contribution in [3.63, 3.8) is 0 Å². The van der Waals surface area contributed by atoms with Crippen LogP contribution >= 0.6 is 0 Å². The summed E-state index contributed by atoms with van der Waals surface area (Å²) in [6, 6.07) is -10.4. The molecule has 0 bridgehead atoms. The molecule has 3 rings (SSSR count). The third kappa shape index (κ3) is 35.2. The van der Waals surface area contributed by atoms with Crippen molar-refractivity contribution in [1.29, 1.82) is 0 Å². The zero-order chi connectivity index (χ0) is 87.9. The Bertz CT molecular complexity index is 3580. The number of aliphatic carboxylic acids is 3. The number of nitrogens with zero attached hydrogens (tertiary/aromatic N) is 1. The first-order valence-electron chi connectivity index (χ1n) is 37.8. The number of benzene rings is 1. The smallest absolute Gasteiger partial charge is 0.328 e. The van der Waals surface area contributed by atoms with Gasteiger partial charge in [0, 0.05) is 38.8 Å². The molecule has 2 aliphatic rings. The number of aromatic hydroxyl groups is 1. The summed E-state index contributed by atoms with van der Waals surface area (Å²) >= 11 is 0. The molecule has 1 aromatic rings. The van der Waals surface area contributed by atoms with Crippen molar-refractivity contribution in [3.8, 4) is 5.75 Å². The third-order valence-corrected chi connectivity index (χ3v) is 18.7. The number of nitrogens with one attached hydrogen (secondary N) is 13. The number of hydrogen-bond acceptors (Lipinski definition) is 29. The quantitative estimate of drug-likeness (QED) is 0.0269. The average Bonchev–Trinajstić information content (AvgIpc) is 1.79. The van der Waals surface area contributed by atoms with E-state index in [1.807, 2.05) is 5.32 Å². The van der Waals surface area contributed by atoms with E-state index in [9.17, 15) is 132 Å². The molecule has 2 fully saturated rings. The number of primary amides is 1. The lowest BCUT2D eigenvalue weighted by Gasteiger charge is -2.40. The summed E-state index contributed by atoms with van der Waals surface area (Å²) in [5, 5.41) is 120. The molecule has 1 aromatic carbocycles. The van der Waals surface area contributed by atoms with Gasteiger partial charge in [0.15, 0.2) is 12.3 Å². The van der Waals surface area contributed by atoms with Crippen molar-refractivity contribution in [2.24, 2.45) is 28.9 Å². The second kappa shape index (κ2) is 51.2. The van der Waals surface area contributed by atoms with Gasteiger partial charge < -0.3 is 152 Å². The van der Waals surface area contributed by atoms with Crippen LogP contribution in [-0.2, 0) is 102 Å². The van der Waals surface area contributed by atoms with Gasteiger partial charge in [-0.3, -0.25) is 81.5 Å². The summed E-state index contributed by atoms with van der Waals surface area (Å²) in [5.74, 6) is -20.3. The number of carbonyl (C=O) groups is 18. The van der Waals surface area contributed by atoms with Gasteiger partial charge in [0.1, 0.15) is 84.5 Å². The van der Waals surface area contributed by atoms with Gasteiger partial charge in [-0.25, -0.2) is 4.79 Å². The Morgan fingerprint density at radius 2 is 1.03 bits per heavy atom. The van der Waals surface area contributed by atoms with E-state index < -0.39 is 307 Å². The minimum absolute atomic E-state index is 0.0237. The van der Waals surface area contributed by atoms with E-state index in [-0.39, 0.29) is 57.4 Å². The van der Waals surface area contributed by atoms with Gasteiger partial charge in [-0.2, -0.15) is 0 Å². The summed E-state index contributed by atoms with van der Waals surface area (Å²) in [6.45, 7) is 0.522. The molecule has 2 heterocycles. The Morgan fingerprint density at radius 1 is 0.538 bits per heavy atom. The molecule has 0 saturated carbocycles. The fraction of sp³-hybridized carbons (Fsp3) is 0.657. The predicted octanol–water partition coefficient (Wildman–Crippen LogP) is -11.7. The molecule has 30 N–H and O–H groups in total. The monoisotopic (exact) mass is 1670 g/mol. The second-order valence-electron chi connectivity index (χ2n) is 27.9. The number of carboxylic acid groups (broad SMARTS) is 3. The molecule has 0 unspecified atom stereocenters. The van der Waals surface area contributed by atoms with Crippen LogP contribution in [0, 0.1) is 5.92 Å². The number of nitrogens with two attached hydrogens (primary N) is 4.